The highest BCUT2D eigenvalue weighted by Crippen LogP contribution is 2.14. The van der Waals surface area contributed by atoms with E-state index in [1.807, 2.05) is 30.3 Å². The second-order valence-electron chi connectivity index (χ2n) is 8.39. The van der Waals surface area contributed by atoms with Crippen molar-refractivity contribution in [2.24, 2.45) is 0 Å². The smallest absolute Gasteiger partial charge is 0.273 e. The summed E-state index contributed by atoms with van der Waals surface area (Å²) in [5.74, 6) is 0.322. The molecular weight excluding hydrogens is 416 g/mol. The number of carbonyl (C=O) groups excluding carboxylic acids is 1. The first-order valence-electron chi connectivity index (χ1n) is 11.5. The number of rotatable bonds is 10. The van der Waals surface area contributed by atoms with Crippen molar-refractivity contribution in [2.45, 2.75) is 26.6 Å². The van der Waals surface area contributed by atoms with E-state index in [1.165, 1.54) is 17.4 Å². The molecule has 0 radical (unpaired) electrons. The SMILES string of the molecule is Cc1ccccc1CN(CCN1CCOCC1)Cc1nc(C(=O)NCc2ccccc2)co1. The molecule has 0 aliphatic carbocycles. The van der Waals surface area contributed by atoms with Gasteiger partial charge in [0.1, 0.15) is 6.26 Å². The van der Waals surface area contributed by atoms with Crippen LogP contribution in [0.3, 0.4) is 0 Å². The van der Waals surface area contributed by atoms with Crippen molar-refractivity contribution in [1.29, 1.82) is 0 Å². The number of oxazole rings is 1. The second kappa shape index (κ2) is 11.7. The number of aryl methyl sites for hydroxylation is 1. The van der Waals surface area contributed by atoms with Crippen molar-refractivity contribution >= 4 is 5.91 Å². The lowest BCUT2D eigenvalue weighted by molar-refractivity contribution is 0.0320. The quantitative estimate of drug-likeness (QED) is 0.514. The zero-order valence-corrected chi connectivity index (χ0v) is 19.2. The van der Waals surface area contributed by atoms with Crippen LogP contribution in [0, 0.1) is 6.92 Å². The van der Waals surface area contributed by atoms with Gasteiger partial charge >= 0.3 is 0 Å². The zero-order chi connectivity index (χ0) is 22.9. The predicted molar refractivity (Wildman–Crippen MR) is 127 cm³/mol. The molecule has 0 saturated carbocycles. The van der Waals surface area contributed by atoms with E-state index in [0.29, 0.717) is 24.7 Å². The van der Waals surface area contributed by atoms with Gasteiger partial charge in [0, 0.05) is 39.3 Å². The summed E-state index contributed by atoms with van der Waals surface area (Å²) in [6, 6.07) is 18.3. The molecule has 0 bridgehead atoms. The molecule has 3 aromatic rings. The molecule has 1 N–H and O–H groups in total. The summed E-state index contributed by atoms with van der Waals surface area (Å²) in [5, 5.41) is 2.90. The summed E-state index contributed by atoms with van der Waals surface area (Å²) in [7, 11) is 0. The van der Waals surface area contributed by atoms with Crippen LogP contribution in [0.15, 0.2) is 65.3 Å². The van der Waals surface area contributed by atoms with Crippen LogP contribution in [0.4, 0.5) is 0 Å². The maximum absolute atomic E-state index is 12.5. The lowest BCUT2D eigenvalue weighted by Gasteiger charge is -2.29. The Hall–Kier alpha value is -3.00. The highest BCUT2D eigenvalue weighted by Gasteiger charge is 2.18. The number of ether oxygens (including phenoxy) is 1. The molecule has 1 amide bonds. The van der Waals surface area contributed by atoms with E-state index >= 15 is 0 Å². The average Bonchev–Trinajstić information content (AvgIpc) is 3.32. The molecule has 0 spiro atoms. The van der Waals surface area contributed by atoms with Crippen molar-refractivity contribution in [3.8, 4) is 0 Å². The van der Waals surface area contributed by atoms with Gasteiger partial charge in [-0.25, -0.2) is 4.98 Å². The number of hydrogen-bond acceptors (Lipinski definition) is 6. The number of hydrogen-bond donors (Lipinski definition) is 1. The maximum Gasteiger partial charge on any atom is 0.273 e. The Labute approximate surface area is 195 Å². The number of carbonyl (C=O) groups is 1. The minimum Gasteiger partial charge on any atom is -0.447 e. The fourth-order valence-corrected chi connectivity index (χ4v) is 3.90. The fraction of sp³-hybridized carbons (Fsp3) is 0.385. The molecule has 1 aromatic heterocycles. The molecular formula is C26H32N4O3. The van der Waals surface area contributed by atoms with Crippen LogP contribution >= 0.6 is 0 Å². The van der Waals surface area contributed by atoms with Crippen LogP contribution in [0.1, 0.15) is 33.1 Å². The highest BCUT2D eigenvalue weighted by molar-refractivity contribution is 5.91. The lowest BCUT2D eigenvalue weighted by Crippen LogP contribution is -2.41. The maximum atomic E-state index is 12.5. The van der Waals surface area contributed by atoms with Crippen molar-refractivity contribution in [3.05, 3.63) is 89.1 Å². The molecule has 7 nitrogen and oxygen atoms in total. The van der Waals surface area contributed by atoms with Crippen LogP contribution in [0.2, 0.25) is 0 Å². The van der Waals surface area contributed by atoms with Gasteiger partial charge in [0.25, 0.3) is 5.91 Å². The number of morpholine rings is 1. The van der Waals surface area contributed by atoms with E-state index in [4.69, 9.17) is 9.15 Å². The summed E-state index contributed by atoms with van der Waals surface area (Å²) in [6.45, 7) is 9.28. The summed E-state index contributed by atoms with van der Waals surface area (Å²) < 4.78 is 11.1. The molecule has 174 valence electrons. The Bertz CT molecular complexity index is 1020. The van der Waals surface area contributed by atoms with Crippen molar-refractivity contribution in [3.63, 3.8) is 0 Å². The normalized spacial score (nSPS) is 14.5. The number of nitrogens with one attached hydrogen (secondary N) is 1. The molecule has 0 atom stereocenters. The van der Waals surface area contributed by atoms with Gasteiger partial charge in [0.05, 0.1) is 19.8 Å². The Morgan fingerprint density at radius 2 is 1.82 bits per heavy atom. The molecule has 2 aromatic carbocycles. The van der Waals surface area contributed by atoms with Gasteiger partial charge in [0.2, 0.25) is 5.89 Å². The summed E-state index contributed by atoms with van der Waals surface area (Å²) in [4.78, 5) is 21.7. The monoisotopic (exact) mass is 448 g/mol. The average molecular weight is 449 g/mol. The number of aromatic nitrogens is 1. The Kier molecular flexibility index (Phi) is 8.24. The predicted octanol–water partition coefficient (Wildman–Crippen LogP) is 3.25. The van der Waals surface area contributed by atoms with Gasteiger partial charge in [-0.05, 0) is 23.6 Å². The molecule has 1 fully saturated rings. The van der Waals surface area contributed by atoms with Crippen molar-refractivity contribution < 1.29 is 13.9 Å². The Morgan fingerprint density at radius 3 is 2.61 bits per heavy atom. The molecule has 7 heteroatoms. The minimum atomic E-state index is -0.229. The van der Waals surface area contributed by atoms with Gasteiger partial charge in [-0.1, -0.05) is 54.6 Å². The third kappa shape index (κ3) is 6.99. The molecule has 1 saturated heterocycles. The molecule has 0 unspecified atom stereocenters. The van der Waals surface area contributed by atoms with Gasteiger partial charge in [-0.3, -0.25) is 14.6 Å². The van der Waals surface area contributed by atoms with E-state index in [2.05, 4.69) is 51.3 Å². The first kappa shape index (κ1) is 23.2. The van der Waals surface area contributed by atoms with Crippen LogP contribution in [0.25, 0.3) is 0 Å². The minimum absolute atomic E-state index is 0.229. The van der Waals surface area contributed by atoms with Gasteiger partial charge < -0.3 is 14.5 Å². The molecule has 33 heavy (non-hydrogen) atoms. The second-order valence-corrected chi connectivity index (χ2v) is 8.39. The molecule has 1 aliphatic rings. The number of amides is 1. The van der Waals surface area contributed by atoms with E-state index in [9.17, 15) is 4.79 Å². The number of nitrogens with zero attached hydrogens (tertiary/aromatic N) is 3. The largest absolute Gasteiger partial charge is 0.447 e. The van der Waals surface area contributed by atoms with E-state index in [-0.39, 0.29) is 5.91 Å². The van der Waals surface area contributed by atoms with E-state index in [0.717, 1.165) is 51.5 Å². The van der Waals surface area contributed by atoms with Gasteiger partial charge in [-0.15, -0.1) is 0 Å². The van der Waals surface area contributed by atoms with Crippen molar-refractivity contribution in [1.82, 2.24) is 20.1 Å². The topological polar surface area (TPSA) is 70.8 Å². The molecule has 2 heterocycles. The van der Waals surface area contributed by atoms with Crippen LogP contribution in [-0.4, -0.2) is 60.1 Å². The summed E-state index contributed by atoms with van der Waals surface area (Å²) in [6.07, 6.45) is 1.45. The van der Waals surface area contributed by atoms with Gasteiger partial charge in [-0.2, -0.15) is 0 Å². The van der Waals surface area contributed by atoms with Crippen LogP contribution < -0.4 is 5.32 Å². The van der Waals surface area contributed by atoms with E-state index < -0.39 is 0 Å². The number of benzene rings is 2. The lowest BCUT2D eigenvalue weighted by atomic mass is 10.1. The summed E-state index contributed by atoms with van der Waals surface area (Å²) >= 11 is 0. The van der Waals surface area contributed by atoms with Gasteiger partial charge in [0.15, 0.2) is 5.69 Å². The highest BCUT2D eigenvalue weighted by atomic mass is 16.5. The first-order chi connectivity index (χ1) is 16.2. The standard InChI is InChI=1S/C26H32N4O3/c1-21-7-5-6-10-23(21)18-30(12-11-29-13-15-32-16-14-29)19-25-28-24(20-33-25)26(31)27-17-22-8-3-2-4-9-22/h2-10,20H,11-19H2,1H3,(H,27,31). The fourth-order valence-electron chi connectivity index (χ4n) is 3.90. The first-order valence-corrected chi connectivity index (χ1v) is 11.5. The zero-order valence-electron chi connectivity index (χ0n) is 19.2. The Balaban J connectivity index is 1.37. The molecule has 4 rings (SSSR count). The van der Waals surface area contributed by atoms with Crippen molar-refractivity contribution in [2.75, 3.05) is 39.4 Å². The van der Waals surface area contributed by atoms with Crippen LogP contribution in [-0.2, 0) is 24.4 Å². The summed E-state index contributed by atoms with van der Waals surface area (Å²) in [5.41, 5.74) is 3.90. The third-order valence-corrected chi connectivity index (χ3v) is 5.93. The Morgan fingerprint density at radius 1 is 1.06 bits per heavy atom. The van der Waals surface area contributed by atoms with Crippen LogP contribution in [0.5, 0.6) is 0 Å². The van der Waals surface area contributed by atoms with E-state index in [1.54, 1.807) is 0 Å². The third-order valence-electron chi connectivity index (χ3n) is 5.93. The molecule has 1 aliphatic heterocycles.